The van der Waals surface area contributed by atoms with Crippen LogP contribution in [0.4, 0.5) is 85.3 Å². The normalized spacial score (nSPS) is 10.9. The second kappa shape index (κ2) is 44.6. The summed E-state index contributed by atoms with van der Waals surface area (Å²) in [6.45, 7) is 0. The van der Waals surface area contributed by atoms with Gasteiger partial charge in [0.25, 0.3) is 0 Å². The molecule has 6 nitrogen and oxygen atoms in total. The second-order valence-corrected chi connectivity index (χ2v) is 37.4. The molecule has 0 heterocycles. The van der Waals surface area contributed by atoms with Gasteiger partial charge in [0.2, 0.25) is 0 Å². The molecule has 0 saturated carbocycles. The molecule has 6 heteroatoms. The molecule has 0 spiro atoms. The van der Waals surface area contributed by atoms with Gasteiger partial charge in [-0.05, 0) is 303 Å². The maximum absolute atomic E-state index is 2.35. The summed E-state index contributed by atoms with van der Waals surface area (Å²) in [6.07, 6.45) is 0. The Kier molecular flexibility index (Phi) is 28.3. The lowest BCUT2D eigenvalue weighted by Gasteiger charge is -2.27. The fourth-order valence-electron chi connectivity index (χ4n) is 19.9. The number of nitrogens with zero attached hydrogens (tertiary/aromatic N) is 6. The van der Waals surface area contributed by atoms with Crippen molar-refractivity contribution < 1.29 is 0 Å². The van der Waals surface area contributed by atoms with E-state index >= 15 is 0 Å². The molecule has 0 aromatic heterocycles. The first-order valence-electron chi connectivity index (χ1n) is 50.9. The van der Waals surface area contributed by atoms with Crippen molar-refractivity contribution in [2.75, 3.05) is 50.5 Å². The van der Waals surface area contributed by atoms with E-state index in [2.05, 4.69) is 663 Å². The summed E-state index contributed by atoms with van der Waals surface area (Å²) < 4.78 is 0. The van der Waals surface area contributed by atoms with Crippen LogP contribution in [0, 0.1) is 0 Å². The van der Waals surface area contributed by atoms with Crippen molar-refractivity contribution in [1.82, 2.24) is 0 Å². The third-order valence-corrected chi connectivity index (χ3v) is 28.0. The van der Waals surface area contributed by atoms with E-state index in [1.807, 2.05) is 0 Å². The van der Waals surface area contributed by atoms with Crippen molar-refractivity contribution in [1.29, 1.82) is 0 Å². The Labute approximate surface area is 875 Å². The third-order valence-electron chi connectivity index (χ3n) is 28.0. The molecule has 149 heavy (non-hydrogen) atoms. The molecule has 0 saturated heterocycles. The standard InChI is InChI=1S/C49H38N2.2C47H36N2/c1-50(45-29-23-40(24-30-45)37-13-5-2-6-14-37)46-31-25-41(26-32-46)42-27-33-47(34-28-42)51(48-21-11-19-43(35-48)38-15-7-3-8-16-38)49-22-12-20-44(36-49)39-17-9-4-10-18-39;1-48(47-24-12-18-39-17-8-9-23-46(39)47)42-29-25-37(26-30-42)38-27-31-43(32-28-38)49(44-21-10-19-40(33-44)35-13-4-2-5-14-35)45-22-11-20-41(34-45)36-15-6-3-7-16-36;1-48(45-31-26-37-16-8-9-17-40(37)32-45)43-27-22-38(23-28-43)39-24-29-44(30-25-39)49(46-20-10-18-41(33-46)35-12-4-2-5-13-35)47-21-11-19-42(34-47)36-14-6-3-7-15-36/h2-36H,1H3;2*2-34H,1H3. The van der Waals surface area contributed by atoms with Crippen molar-refractivity contribution in [2.24, 2.45) is 0 Å². The van der Waals surface area contributed by atoms with Crippen molar-refractivity contribution >= 4 is 107 Å². The van der Waals surface area contributed by atoms with Crippen molar-refractivity contribution in [3.63, 3.8) is 0 Å². The molecule has 712 valence electrons. The Hall–Kier alpha value is -19.4. The average Bonchev–Trinajstić information content (AvgIpc) is 0.793. The van der Waals surface area contributed by atoms with Crippen LogP contribution in [0.2, 0.25) is 0 Å². The zero-order chi connectivity index (χ0) is 100. The Morgan fingerprint density at radius 2 is 0.282 bits per heavy atom. The summed E-state index contributed by atoms with van der Waals surface area (Å²) in [7, 11) is 6.39. The molecule has 0 atom stereocenters. The summed E-state index contributed by atoms with van der Waals surface area (Å²) in [5, 5.41) is 5.00. The Morgan fingerprint density at radius 3 is 0.550 bits per heavy atom. The van der Waals surface area contributed by atoms with Crippen LogP contribution >= 0.6 is 0 Å². The number of rotatable bonds is 25. The van der Waals surface area contributed by atoms with Gasteiger partial charge in [-0.3, -0.25) is 0 Å². The van der Waals surface area contributed by atoms with E-state index in [9.17, 15) is 0 Å². The molecule has 0 unspecified atom stereocenters. The van der Waals surface area contributed by atoms with Crippen LogP contribution in [0.25, 0.3) is 133 Å². The molecular formula is C143H110N6. The van der Waals surface area contributed by atoms with Gasteiger partial charge in [0.15, 0.2) is 0 Å². The summed E-state index contributed by atoms with van der Waals surface area (Å²) >= 11 is 0. The molecular weight excluding hydrogens is 1800 g/mol. The minimum Gasteiger partial charge on any atom is -0.345 e. The Bertz CT molecular complexity index is 8340. The molecule has 24 aromatic rings. The topological polar surface area (TPSA) is 19.4 Å². The zero-order valence-electron chi connectivity index (χ0n) is 83.5. The molecule has 0 aliphatic heterocycles. The zero-order valence-corrected chi connectivity index (χ0v) is 83.5. The third kappa shape index (κ3) is 21.8. The van der Waals surface area contributed by atoms with Crippen LogP contribution in [0.1, 0.15) is 0 Å². The average molecular weight is 1910 g/mol. The minimum absolute atomic E-state index is 1.10. The Morgan fingerprint density at radius 1 is 0.101 bits per heavy atom. The molecule has 0 bridgehead atoms. The van der Waals surface area contributed by atoms with Crippen molar-refractivity contribution in [3.8, 4) is 111 Å². The van der Waals surface area contributed by atoms with Gasteiger partial charge in [-0.1, -0.05) is 437 Å². The van der Waals surface area contributed by atoms with Crippen LogP contribution in [0.3, 0.4) is 0 Å². The quantitative estimate of drug-likeness (QED) is 0.0564. The van der Waals surface area contributed by atoms with Gasteiger partial charge >= 0.3 is 0 Å². The first-order valence-corrected chi connectivity index (χ1v) is 50.9. The largest absolute Gasteiger partial charge is 0.345 e. The first kappa shape index (κ1) is 94.5. The van der Waals surface area contributed by atoms with Crippen molar-refractivity contribution in [3.05, 3.63) is 613 Å². The molecule has 0 aliphatic carbocycles. The monoisotopic (exact) mass is 1910 g/mol. The highest BCUT2D eigenvalue weighted by molar-refractivity contribution is 5.97. The summed E-state index contributed by atoms with van der Waals surface area (Å²) in [4.78, 5) is 13.8. The van der Waals surface area contributed by atoms with Crippen LogP contribution in [0.5, 0.6) is 0 Å². The van der Waals surface area contributed by atoms with Crippen LogP contribution in [-0.2, 0) is 0 Å². The van der Waals surface area contributed by atoms with E-state index in [0.717, 1.165) is 73.9 Å². The maximum Gasteiger partial charge on any atom is 0.0487 e. The summed E-state index contributed by atoms with van der Waals surface area (Å²) in [5.74, 6) is 0. The minimum atomic E-state index is 1.10. The fourth-order valence-corrected chi connectivity index (χ4v) is 19.9. The molecule has 0 fully saturated rings. The highest BCUT2D eigenvalue weighted by Gasteiger charge is 2.22. The van der Waals surface area contributed by atoms with Gasteiger partial charge in [0, 0.05) is 112 Å². The number of benzene rings is 24. The number of fused-ring (bicyclic) bond motifs is 2. The lowest BCUT2D eigenvalue weighted by molar-refractivity contribution is 1.21. The molecule has 0 aliphatic rings. The van der Waals surface area contributed by atoms with Gasteiger partial charge in [-0.25, -0.2) is 0 Å². The lowest BCUT2D eigenvalue weighted by atomic mass is 10.0. The van der Waals surface area contributed by atoms with Gasteiger partial charge in [0.1, 0.15) is 0 Å². The van der Waals surface area contributed by atoms with E-state index in [4.69, 9.17) is 0 Å². The number of anilines is 15. The van der Waals surface area contributed by atoms with E-state index in [-0.39, 0.29) is 0 Å². The van der Waals surface area contributed by atoms with Gasteiger partial charge in [-0.15, -0.1) is 0 Å². The van der Waals surface area contributed by atoms with E-state index in [1.54, 1.807) is 0 Å². The predicted octanol–water partition coefficient (Wildman–Crippen LogP) is 39.7. The van der Waals surface area contributed by atoms with Crippen LogP contribution in [0.15, 0.2) is 613 Å². The highest BCUT2D eigenvalue weighted by Crippen LogP contribution is 2.46. The number of hydrogen-bond acceptors (Lipinski definition) is 6. The molecule has 24 aromatic carbocycles. The van der Waals surface area contributed by atoms with Crippen molar-refractivity contribution in [2.45, 2.75) is 0 Å². The number of hydrogen-bond donors (Lipinski definition) is 0. The molecule has 0 N–H and O–H groups in total. The first-order chi connectivity index (χ1) is 73.6. The summed E-state index contributed by atoms with van der Waals surface area (Å²) in [6, 6.07) is 219. The SMILES string of the molecule is CN(c1ccc(-c2ccc(N(c3cccc(-c4ccccc4)c3)c3cccc(-c4ccccc4)c3)cc2)cc1)c1ccc2ccccc2c1.CN(c1ccc(-c2ccc(N(c3cccc(-c4ccccc4)c3)c3cccc(-c4ccccc4)c3)cc2)cc1)c1cccc2ccccc12.CN(c1ccc(-c2ccccc2)cc1)c1ccc(-c2ccc(N(c3cccc(-c4ccccc4)c3)c3cccc(-c4ccccc4)c3)cc2)cc1. The predicted molar refractivity (Wildman–Crippen MR) is 636 cm³/mol. The lowest BCUT2D eigenvalue weighted by Crippen LogP contribution is -2.10. The van der Waals surface area contributed by atoms with Gasteiger partial charge in [-0.2, -0.15) is 0 Å². The van der Waals surface area contributed by atoms with Gasteiger partial charge < -0.3 is 29.4 Å². The Balaban J connectivity index is 0.000000127. The van der Waals surface area contributed by atoms with E-state index < -0.39 is 0 Å². The molecule has 24 rings (SSSR count). The molecule has 0 amide bonds. The smallest absolute Gasteiger partial charge is 0.0487 e. The van der Waals surface area contributed by atoms with E-state index in [1.165, 1.54) is 144 Å². The van der Waals surface area contributed by atoms with Crippen LogP contribution < -0.4 is 29.4 Å². The second-order valence-electron chi connectivity index (χ2n) is 37.4. The van der Waals surface area contributed by atoms with E-state index in [0.29, 0.717) is 0 Å². The molecule has 0 radical (unpaired) electrons. The summed E-state index contributed by atoms with van der Waals surface area (Å²) in [5.41, 5.74) is 40.8. The van der Waals surface area contributed by atoms with Crippen LogP contribution in [-0.4, -0.2) is 21.1 Å². The fraction of sp³-hybridized carbons (Fsp3) is 0.0210. The van der Waals surface area contributed by atoms with Gasteiger partial charge in [0.05, 0.1) is 0 Å². The highest BCUT2D eigenvalue weighted by atomic mass is 15.2. The maximum atomic E-state index is 2.35.